The summed E-state index contributed by atoms with van der Waals surface area (Å²) in [6.45, 7) is 4.23. The lowest BCUT2D eigenvalue weighted by Gasteiger charge is -2.28. The lowest BCUT2D eigenvalue weighted by molar-refractivity contribution is 0.130. The van der Waals surface area contributed by atoms with E-state index in [0.29, 0.717) is 11.1 Å². The molecule has 2 rings (SSSR count). The van der Waals surface area contributed by atoms with Crippen molar-refractivity contribution in [3.63, 3.8) is 0 Å². The van der Waals surface area contributed by atoms with Crippen molar-refractivity contribution in [3.8, 4) is 5.75 Å². The topological polar surface area (TPSA) is 35.2 Å². The molecule has 0 spiro atoms. The van der Waals surface area contributed by atoms with Gasteiger partial charge in [0.15, 0.2) is 0 Å². The van der Waals surface area contributed by atoms with Crippen molar-refractivity contribution in [2.24, 2.45) is 11.7 Å². The molecule has 0 radical (unpaired) electrons. The first-order chi connectivity index (χ1) is 9.10. The van der Waals surface area contributed by atoms with E-state index in [1.807, 2.05) is 25.1 Å². The van der Waals surface area contributed by atoms with Gasteiger partial charge < -0.3 is 10.5 Å². The van der Waals surface area contributed by atoms with Crippen molar-refractivity contribution in [2.45, 2.75) is 58.1 Å². The highest BCUT2D eigenvalue weighted by Gasteiger charge is 2.21. The molecule has 1 aromatic carbocycles. The molecule has 0 aromatic heterocycles. The van der Waals surface area contributed by atoms with Gasteiger partial charge in [0.25, 0.3) is 0 Å². The van der Waals surface area contributed by atoms with E-state index in [2.05, 4.69) is 6.92 Å². The average Bonchev–Trinajstić information content (AvgIpc) is 2.41. The molecule has 19 heavy (non-hydrogen) atoms. The summed E-state index contributed by atoms with van der Waals surface area (Å²) >= 11 is 6.27. The molecule has 0 amide bonds. The molecule has 1 atom stereocenters. The molecule has 1 unspecified atom stereocenters. The van der Waals surface area contributed by atoms with E-state index in [1.165, 1.54) is 19.3 Å². The Balaban J connectivity index is 1.96. The summed E-state index contributed by atoms with van der Waals surface area (Å²) < 4.78 is 6.04. The molecule has 1 aliphatic carbocycles. The third-order valence-electron chi connectivity index (χ3n) is 4.15. The van der Waals surface area contributed by atoms with Gasteiger partial charge in [-0.25, -0.2) is 0 Å². The van der Waals surface area contributed by atoms with Crippen molar-refractivity contribution < 1.29 is 4.74 Å². The van der Waals surface area contributed by atoms with E-state index in [1.54, 1.807) is 0 Å². The molecule has 2 nitrogen and oxygen atoms in total. The Labute approximate surface area is 121 Å². The minimum Gasteiger partial charge on any atom is -0.489 e. The van der Waals surface area contributed by atoms with Gasteiger partial charge in [-0.05, 0) is 56.2 Å². The average molecular weight is 282 g/mol. The van der Waals surface area contributed by atoms with E-state index in [-0.39, 0.29) is 6.04 Å². The third kappa shape index (κ3) is 3.87. The number of halogens is 1. The maximum atomic E-state index is 6.27. The van der Waals surface area contributed by atoms with Crippen LogP contribution in [0.4, 0.5) is 0 Å². The maximum absolute atomic E-state index is 6.27. The van der Waals surface area contributed by atoms with Crippen LogP contribution in [0.2, 0.25) is 5.02 Å². The van der Waals surface area contributed by atoms with Crippen LogP contribution < -0.4 is 10.5 Å². The standard InChI is InChI=1S/C16H24ClNO/c1-3-12-4-7-14(8-5-12)19-16-9-6-13(11(2)18)10-15(16)17/h6,9-12,14H,3-5,7-8,18H2,1-2H3. The lowest BCUT2D eigenvalue weighted by atomic mass is 9.86. The van der Waals surface area contributed by atoms with E-state index >= 15 is 0 Å². The SMILES string of the molecule is CCC1CCC(Oc2ccc(C(C)N)cc2Cl)CC1. The molecule has 1 aromatic rings. The van der Waals surface area contributed by atoms with E-state index in [4.69, 9.17) is 22.1 Å². The second kappa shape index (κ2) is 6.62. The molecule has 1 fully saturated rings. The van der Waals surface area contributed by atoms with Gasteiger partial charge in [0.2, 0.25) is 0 Å². The summed E-state index contributed by atoms with van der Waals surface area (Å²) in [4.78, 5) is 0. The van der Waals surface area contributed by atoms with Crippen LogP contribution in [0.3, 0.4) is 0 Å². The highest BCUT2D eigenvalue weighted by atomic mass is 35.5. The number of nitrogens with two attached hydrogens (primary N) is 1. The number of hydrogen-bond donors (Lipinski definition) is 1. The normalized spacial score (nSPS) is 25.1. The van der Waals surface area contributed by atoms with Crippen LogP contribution in [0.5, 0.6) is 5.75 Å². The van der Waals surface area contributed by atoms with Gasteiger partial charge in [0.05, 0.1) is 11.1 Å². The first-order valence-electron chi connectivity index (χ1n) is 7.31. The lowest BCUT2D eigenvalue weighted by Crippen LogP contribution is -2.24. The molecule has 2 N–H and O–H groups in total. The highest BCUT2D eigenvalue weighted by Crippen LogP contribution is 2.33. The van der Waals surface area contributed by atoms with Crippen molar-refractivity contribution in [2.75, 3.05) is 0 Å². The maximum Gasteiger partial charge on any atom is 0.138 e. The smallest absolute Gasteiger partial charge is 0.138 e. The number of hydrogen-bond acceptors (Lipinski definition) is 2. The summed E-state index contributed by atoms with van der Waals surface area (Å²) in [5.41, 5.74) is 6.90. The zero-order valence-corrected chi connectivity index (χ0v) is 12.6. The Morgan fingerprint density at radius 2 is 2.00 bits per heavy atom. The Morgan fingerprint density at radius 3 is 2.53 bits per heavy atom. The van der Waals surface area contributed by atoms with Crippen LogP contribution in [0, 0.1) is 5.92 Å². The molecule has 0 aliphatic heterocycles. The fourth-order valence-electron chi connectivity index (χ4n) is 2.73. The van der Waals surface area contributed by atoms with E-state index in [9.17, 15) is 0 Å². The highest BCUT2D eigenvalue weighted by molar-refractivity contribution is 6.32. The predicted molar refractivity (Wildman–Crippen MR) is 80.7 cm³/mol. The quantitative estimate of drug-likeness (QED) is 0.868. The second-order valence-electron chi connectivity index (χ2n) is 5.65. The van der Waals surface area contributed by atoms with E-state index < -0.39 is 0 Å². The summed E-state index contributed by atoms with van der Waals surface area (Å²) in [7, 11) is 0. The van der Waals surface area contributed by atoms with Crippen LogP contribution >= 0.6 is 11.6 Å². The number of ether oxygens (including phenoxy) is 1. The van der Waals surface area contributed by atoms with E-state index in [0.717, 1.165) is 30.1 Å². The molecule has 1 aliphatic rings. The fraction of sp³-hybridized carbons (Fsp3) is 0.625. The molecular weight excluding hydrogens is 258 g/mol. The third-order valence-corrected chi connectivity index (χ3v) is 4.44. The molecule has 0 saturated heterocycles. The Morgan fingerprint density at radius 1 is 1.32 bits per heavy atom. The van der Waals surface area contributed by atoms with Crippen LogP contribution in [0.15, 0.2) is 18.2 Å². The Hall–Kier alpha value is -0.730. The molecule has 3 heteroatoms. The zero-order chi connectivity index (χ0) is 13.8. The van der Waals surface area contributed by atoms with Crippen molar-refractivity contribution >= 4 is 11.6 Å². The molecular formula is C16H24ClNO. The molecule has 0 heterocycles. The van der Waals surface area contributed by atoms with Crippen LogP contribution in [0.25, 0.3) is 0 Å². The van der Waals surface area contributed by atoms with Gasteiger partial charge in [-0.1, -0.05) is 31.0 Å². The van der Waals surface area contributed by atoms with Crippen molar-refractivity contribution in [1.82, 2.24) is 0 Å². The van der Waals surface area contributed by atoms with Gasteiger partial charge in [0.1, 0.15) is 5.75 Å². The molecule has 0 bridgehead atoms. The molecule has 106 valence electrons. The second-order valence-corrected chi connectivity index (χ2v) is 6.05. The monoisotopic (exact) mass is 281 g/mol. The molecule has 1 saturated carbocycles. The Bertz CT molecular complexity index is 411. The van der Waals surface area contributed by atoms with Crippen molar-refractivity contribution in [3.05, 3.63) is 28.8 Å². The van der Waals surface area contributed by atoms with Gasteiger partial charge in [-0.2, -0.15) is 0 Å². The zero-order valence-electron chi connectivity index (χ0n) is 11.9. The van der Waals surface area contributed by atoms with Gasteiger partial charge >= 0.3 is 0 Å². The van der Waals surface area contributed by atoms with Crippen LogP contribution in [-0.2, 0) is 0 Å². The number of rotatable bonds is 4. The Kier molecular flexibility index (Phi) is 5.12. The minimum atomic E-state index is 0.00606. The van der Waals surface area contributed by atoms with Crippen LogP contribution in [-0.4, -0.2) is 6.10 Å². The predicted octanol–water partition coefficient (Wildman–Crippen LogP) is 4.71. The first-order valence-corrected chi connectivity index (χ1v) is 7.69. The van der Waals surface area contributed by atoms with Crippen molar-refractivity contribution in [1.29, 1.82) is 0 Å². The summed E-state index contributed by atoms with van der Waals surface area (Å²) in [5, 5.41) is 0.674. The van der Waals surface area contributed by atoms with Crippen LogP contribution in [0.1, 0.15) is 57.6 Å². The minimum absolute atomic E-state index is 0.00606. The van der Waals surface area contributed by atoms with Gasteiger partial charge in [0, 0.05) is 6.04 Å². The first kappa shape index (κ1) is 14.7. The summed E-state index contributed by atoms with van der Waals surface area (Å²) in [5.74, 6) is 1.68. The van der Waals surface area contributed by atoms with Gasteiger partial charge in [-0.3, -0.25) is 0 Å². The fourth-order valence-corrected chi connectivity index (χ4v) is 2.97. The van der Waals surface area contributed by atoms with Gasteiger partial charge in [-0.15, -0.1) is 0 Å². The summed E-state index contributed by atoms with van der Waals surface area (Å²) in [6, 6.07) is 5.88. The number of benzene rings is 1. The largest absolute Gasteiger partial charge is 0.489 e. The summed E-state index contributed by atoms with van der Waals surface area (Å²) in [6.07, 6.45) is 6.44.